The predicted molar refractivity (Wildman–Crippen MR) is 71.2 cm³/mol. The molecular formula is C12H13N2OS2+. The molecule has 1 aromatic heterocycles. The Morgan fingerprint density at radius 3 is 2.59 bits per heavy atom. The van der Waals surface area contributed by atoms with Gasteiger partial charge in [0.05, 0.1) is 13.2 Å². The highest BCUT2D eigenvalue weighted by Crippen LogP contribution is 2.21. The van der Waals surface area contributed by atoms with Crippen LogP contribution in [0, 0.1) is 0 Å². The first-order valence-corrected chi connectivity index (χ1v) is 7.77. The van der Waals surface area contributed by atoms with Crippen LogP contribution in [-0.4, -0.2) is 31.3 Å². The SMILES string of the molecule is c1ccc(-c2nc(=[N+]3CCOCC3)ss2)cc1. The highest BCUT2D eigenvalue weighted by atomic mass is 32.9. The third kappa shape index (κ3) is 2.46. The maximum atomic E-state index is 5.35. The summed E-state index contributed by atoms with van der Waals surface area (Å²) in [5.74, 6) is 0. The molecule has 3 nitrogen and oxygen atoms in total. The van der Waals surface area contributed by atoms with Crippen molar-refractivity contribution in [1.29, 1.82) is 0 Å². The number of hydrogen-bond donors (Lipinski definition) is 0. The quantitative estimate of drug-likeness (QED) is 0.579. The molecule has 0 amide bonds. The van der Waals surface area contributed by atoms with Crippen molar-refractivity contribution in [2.24, 2.45) is 0 Å². The molecule has 1 aliphatic rings. The first kappa shape index (κ1) is 11.1. The second-order valence-corrected chi connectivity index (χ2v) is 5.92. The normalized spacial score (nSPS) is 16.1. The lowest BCUT2D eigenvalue weighted by Gasteiger charge is -2.11. The van der Waals surface area contributed by atoms with Crippen LogP contribution in [-0.2, 0) is 4.74 Å². The van der Waals surface area contributed by atoms with Gasteiger partial charge >= 0.3 is 4.80 Å². The molecule has 0 N–H and O–H groups in total. The van der Waals surface area contributed by atoms with E-state index in [-0.39, 0.29) is 0 Å². The van der Waals surface area contributed by atoms with Crippen LogP contribution in [0.5, 0.6) is 0 Å². The van der Waals surface area contributed by atoms with Gasteiger partial charge in [-0.2, -0.15) is 0 Å². The van der Waals surface area contributed by atoms with Crippen LogP contribution in [0.15, 0.2) is 30.3 Å². The number of hydrogen-bond acceptors (Lipinski definition) is 4. The Hall–Kier alpha value is -1.04. The van der Waals surface area contributed by atoms with E-state index in [0.717, 1.165) is 36.1 Å². The third-order valence-electron chi connectivity index (χ3n) is 2.69. The zero-order valence-corrected chi connectivity index (χ0v) is 11.0. The van der Waals surface area contributed by atoms with Gasteiger partial charge in [-0.05, 0) is 27.5 Å². The lowest BCUT2D eigenvalue weighted by molar-refractivity contribution is 0.0965. The molecule has 1 aromatic carbocycles. The molecule has 0 unspecified atom stereocenters. The molecule has 1 saturated heterocycles. The summed E-state index contributed by atoms with van der Waals surface area (Å²) in [7, 11) is 3.50. The molecular weight excluding hydrogens is 252 g/mol. The molecule has 2 aromatic rings. The molecule has 3 rings (SSSR count). The van der Waals surface area contributed by atoms with Gasteiger partial charge in [0.1, 0.15) is 13.1 Å². The van der Waals surface area contributed by atoms with Crippen molar-refractivity contribution < 1.29 is 4.74 Å². The Bertz CT molecular complexity index is 551. The Balaban J connectivity index is 1.98. The standard InChI is InChI=1S/C12H13N2OS2/c1-2-4-10(5-3-1)11-13-12(17-16-11)14-6-8-15-9-7-14/h1-5H,6-9H2/q+1. The fourth-order valence-corrected chi connectivity index (χ4v) is 4.05. The van der Waals surface area contributed by atoms with Crippen LogP contribution in [0.4, 0.5) is 0 Å². The molecule has 1 aliphatic heterocycles. The van der Waals surface area contributed by atoms with E-state index < -0.39 is 0 Å². The summed E-state index contributed by atoms with van der Waals surface area (Å²) >= 11 is 0. The molecule has 1 fully saturated rings. The lowest BCUT2D eigenvalue weighted by Crippen LogP contribution is -2.39. The average molecular weight is 265 g/mol. The molecule has 88 valence electrons. The van der Waals surface area contributed by atoms with Gasteiger partial charge < -0.3 is 4.74 Å². The van der Waals surface area contributed by atoms with Gasteiger partial charge in [-0.3, -0.25) is 0 Å². The van der Waals surface area contributed by atoms with E-state index in [2.05, 4.69) is 28.8 Å². The Morgan fingerprint density at radius 1 is 1.06 bits per heavy atom. The van der Waals surface area contributed by atoms with Crippen molar-refractivity contribution in [3.63, 3.8) is 0 Å². The Labute approximate surface area is 107 Å². The van der Waals surface area contributed by atoms with Crippen molar-refractivity contribution in [2.75, 3.05) is 26.3 Å². The minimum atomic E-state index is 0.810. The van der Waals surface area contributed by atoms with Crippen LogP contribution >= 0.6 is 20.7 Å². The molecule has 0 spiro atoms. The summed E-state index contributed by atoms with van der Waals surface area (Å²) in [6.45, 7) is 3.53. The minimum Gasteiger partial charge on any atom is -0.373 e. The summed E-state index contributed by atoms with van der Waals surface area (Å²) in [5.41, 5.74) is 1.20. The molecule has 0 radical (unpaired) electrons. The van der Waals surface area contributed by atoms with Gasteiger partial charge in [0.25, 0.3) is 0 Å². The van der Waals surface area contributed by atoms with Crippen LogP contribution in [0.1, 0.15) is 0 Å². The summed E-state index contributed by atoms with van der Waals surface area (Å²) in [6, 6.07) is 10.3. The van der Waals surface area contributed by atoms with Crippen LogP contribution in [0.3, 0.4) is 0 Å². The zero-order chi connectivity index (χ0) is 11.5. The summed E-state index contributed by atoms with van der Waals surface area (Å²) < 4.78 is 7.65. The first-order chi connectivity index (χ1) is 8.43. The largest absolute Gasteiger partial charge is 0.389 e. The van der Waals surface area contributed by atoms with Crippen LogP contribution in [0.25, 0.3) is 10.6 Å². The van der Waals surface area contributed by atoms with Gasteiger partial charge in [0, 0.05) is 15.9 Å². The maximum Gasteiger partial charge on any atom is 0.389 e. The number of benzene rings is 1. The average Bonchev–Trinajstić information content (AvgIpc) is 2.90. The van der Waals surface area contributed by atoms with E-state index in [1.807, 2.05) is 6.07 Å². The fourth-order valence-electron chi connectivity index (χ4n) is 1.77. The van der Waals surface area contributed by atoms with E-state index in [1.165, 1.54) is 5.56 Å². The minimum absolute atomic E-state index is 0.810. The van der Waals surface area contributed by atoms with Gasteiger partial charge in [-0.25, -0.2) is 4.58 Å². The highest BCUT2D eigenvalue weighted by Gasteiger charge is 2.15. The monoisotopic (exact) mass is 265 g/mol. The van der Waals surface area contributed by atoms with Crippen molar-refractivity contribution in [3.05, 3.63) is 35.1 Å². The van der Waals surface area contributed by atoms with Gasteiger partial charge in [-0.15, -0.1) is 0 Å². The van der Waals surface area contributed by atoms with Crippen molar-refractivity contribution in [1.82, 2.24) is 9.56 Å². The molecule has 5 heteroatoms. The van der Waals surface area contributed by atoms with Crippen molar-refractivity contribution >= 4 is 20.7 Å². The van der Waals surface area contributed by atoms with E-state index in [4.69, 9.17) is 9.72 Å². The zero-order valence-electron chi connectivity index (χ0n) is 9.33. The highest BCUT2D eigenvalue weighted by molar-refractivity contribution is 7.69. The molecule has 2 heterocycles. The molecule has 0 atom stereocenters. The van der Waals surface area contributed by atoms with E-state index in [9.17, 15) is 0 Å². The summed E-state index contributed by atoms with van der Waals surface area (Å²) in [6.07, 6.45) is 0. The number of rotatable bonds is 1. The Kier molecular flexibility index (Phi) is 3.31. The number of morpholine rings is 1. The maximum absolute atomic E-state index is 5.35. The molecule has 0 saturated carbocycles. The predicted octanol–water partition coefficient (Wildman–Crippen LogP) is 1.67. The first-order valence-electron chi connectivity index (χ1n) is 5.62. The van der Waals surface area contributed by atoms with Gasteiger partial charge in [0.15, 0.2) is 0 Å². The number of nitrogens with zero attached hydrogens (tertiary/aromatic N) is 2. The van der Waals surface area contributed by atoms with E-state index >= 15 is 0 Å². The molecule has 0 aliphatic carbocycles. The second kappa shape index (κ2) is 5.08. The van der Waals surface area contributed by atoms with Crippen LogP contribution in [0.2, 0.25) is 0 Å². The van der Waals surface area contributed by atoms with E-state index in [0.29, 0.717) is 0 Å². The topological polar surface area (TPSA) is 25.1 Å². The number of aromatic nitrogens is 1. The van der Waals surface area contributed by atoms with Gasteiger partial charge in [0.2, 0.25) is 5.01 Å². The fraction of sp³-hybridized carbons (Fsp3) is 0.333. The molecule has 0 bridgehead atoms. The van der Waals surface area contributed by atoms with E-state index in [1.54, 1.807) is 20.7 Å². The number of ether oxygens (including phenoxy) is 1. The van der Waals surface area contributed by atoms with Crippen molar-refractivity contribution in [2.45, 2.75) is 0 Å². The van der Waals surface area contributed by atoms with Gasteiger partial charge in [-0.1, -0.05) is 18.2 Å². The lowest BCUT2D eigenvalue weighted by atomic mass is 10.2. The second-order valence-electron chi connectivity index (χ2n) is 3.83. The van der Waals surface area contributed by atoms with Crippen LogP contribution < -0.4 is 9.38 Å². The smallest absolute Gasteiger partial charge is 0.373 e. The van der Waals surface area contributed by atoms with Crippen molar-refractivity contribution in [3.8, 4) is 10.6 Å². The summed E-state index contributed by atoms with van der Waals surface area (Å²) in [5, 5.41) is 1.11. The Morgan fingerprint density at radius 2 is 1.82 bits per heavy atom. The summed E-state index contributed by atoms with van der Waals surface area (Å²) in [4.78, 5) is 5.83. The molecule has 17 heavy (non-hydrogen) atoms. The third-order valence-corrected chi connectivity index (χ3v) is 4.93.